The van der Waals surface area contributed by atoms with Crippen LogP contribution in [0.3, 0.4) is 0 Å². The van der Waals surface area contributed by atoms with E-state index in [0.717, 1.165) is 17.5 Å². The predicted octanol–water partition coefficient (Wildman–Crippen LogP) is 4.21. The van der Waals surface area contributed by atoms with E-state index < -0.39 is 17.9 Å². The Hall–Kier alpha value is -2.96. The van der Waals surface area contributed by atoms with Gasteiger partial charge in [0, 0.05) is 17.0 Å². The van der Waals surface area contributed by atoms with Crippen LogP contribution in [-0.2, 0) is 0 Å². The van der Waals surface area contributed by atoms with Crippen LogP contribution in [0.5, 0.6) is 17.2 Å². The van der Waals surface area contributed by atoms with Gasteiger partial charge in [0.1, 0.15) is 5.75 Å². The number of hydrogen-bond acceptors (Lipinski definition) is 4. The van der Waals surface area contributed by atoms with Gasteiger partial charge in [0.05, 0.1) is 11.2 Å². The molecule has 1 heterocycles. The van der Waals surface area contributed by atoms with Crippen LogP contribution in [0, 0.1) is 0 Å². The van der Waals surface area contributed by atoms with Gasteiger partial charge < -0.3 is 14.9 Å². The molecule has 3 aromatic rings. The maximum Gasteiger partial charge on any atom is 0.573 e. The van der Waals surface area contributed by atoms with Gasteiger partial charge in [-0.2, -0.15) is 0 Å². The van der Waals surface area contributed by atoms with Gasteiger partial charge in [-0.25, -0.2) is 4.98 Å². The summed E-state index contributed by atoms with van der Waals surface area (Å²) in [4.78, 5) is 4.30. The van der Waals surface area contributed by atoms with Crippen molar-refractivity contribution in [2.24, 2.45) is 0 Å². The minimum atomic E-state index is -4.90. The molecule has 0 fully saturated rings. The molecular weight excluding hydrogens is 311 g/mol. The van der Waals surface area contributed by atoms with Crippen molar-refractivity contribution >= 4 is 10.9 Å². The highest BCUT2D eigenvalue weighted by molar-refractivity contribution is 5.83. The zero-order valence-electron chi connectivity index (χ0n) is 11.5. The summed E-state index contributed by atoms with van der Waals surface area (Å²) in [5, 5.41) is 19.7. The summed E-state index contributed by atoms with van der Waals surface area (Å²) in [5.74, 6) is -1.29. The molecule has 0 bridgehead atoms. The van der Waals surface area contributed by atoms with Crippen molar-refractivity contribution in [3.05, 3.63) is 48.5 Å². The number of ether oxygens (including phenoxy) is 1. The largest absolute Gasteiger partial charge is 0.573 e. The Balaban J connectivity index is 2.06. The first-order valence-corrected chi connectivity index (χ1v) is 6.51. The SMILES string of the molecule is Oc1ccc2ccc(-c3ccc(O)c(OC(F)(F)F)c3)nc2c1. The molecule has 23 heavy (non-hydrogen) atoms. The van der Waals surface area contributed by atoms with Crippen LogP contribution in [0.15, 0.2) is 48.5 Å². The molecule has 0 saturated carbocycles. The zero-order chi connectivity index (χ0) is 16.6. The monoisotopic (exact) mass is 321 g/mol. The summed E-state index contributed by atoms with van der Waals surface area (Å²) in [6.45, 7) is 0. The normalized spacial score (nSPS) is 11.6. The quantitative estimate of drug-likeness (QED) is 0.742. The minimum Gasteiger partial charge on any atom is -0.508 e. The second kappa shape index (κ2) is 5.35. The van der Waals surface area contributed by atoms with Crippen LogP contribution in [0.2, 0.25) is 0 Å². The lowest BCUT2D eigenvalue weighted by Crippen LogP contribution is -2.17. The van der Waals surface area contributed by atoms with E-state index in [1.165, 1.54) is 18.2 Å². The number of phenolic OH excluding ortho intramolecular Hbond substituents is 2. The number of pyridine rings is 1. The van der Waals surface area contributed by atoms with Crippen molar-refractivity contribution < 1.29 is 28.1 Å². The Morgan fingerprint density at radius 1 is 0.913 bits per heavy atom. The van der Waals surface area contributed by atoms with Gasteiger partial charge in [-0.05, 0) is 36.4 Å². The molecule has 118 valence electrons. The number of alkyl halides is 3. The Morgan fingerprint density at radius 3 is 2.39 bits per heavy atom. The van der Waals surface area contributed by atoms with Crippen LogP contribution in [0.25, 0.3) is 22.2 Å². The standard InChI is InChI=1S/C16H10F3NO3/c17-16(18,19)23-15-7-10(3-6-14(15)22)12-5-2-9-1-4-11(21)8-13(9)20-12/h1-8,21-22H. The lowest BCUT2D eigenvalue weighted by Gasteiger charge is -2.12. The lowest BCUT2D eigenvalue weighted by atomic mass is 10.1. The van der Waals surface area contributed by atoms with Gasteiger partial charge in [0.25, 0.3) is 0 Å². The fraction of sp³-hybridized carbons (Fsp3) is 0.0625. The molecule has 0 amide bonds. The molecule has 0 spiro atoms. The van der Waals surface area contributed by atoms with Gasteiger partial charge in [0.15, 0.2) is 11.5 Å². The van der Waals surface area contributed by atoms with E-state index in [4.69, 9.17) is 0 Å². The molecule has 0 atom stereocenters. The highest BCUT2D eigenvalue weighted by Gasteiger charge is 2.32. The number of nitrogens with zero attached hydrogens (tertiary/aromatic N) is 1. The number of halogens is 3. The molecule has 0 aliphatic heterocycles. The maximum atomic E-state index is 12.3. The fourth-order valence-corrected chi connectivity index (χ4v) is 2.15. The van der Waals surface area contributed by atoms with Crippen molar-refractivity contribution in [1.82, 2.24) is 4.98 Å². The first kappa shape index (κ1) is 15.0. The first-order valence-electron chi connectivity index (χ1n) is 6.51. The summed E-state index contributed by atoms with van der Waals surface area (Å²) >= 11 is 0. The van der Waals surface area contributed by atoms with E-state index in [-0.39, 0.29) is 5.75 Å². The molecule has 7 heteroatoms. The fourth-order valence-electron chi connectivity index (χ4n) is 2.15. The summed E-state index contributed by atoms with van der Waals surface area (Å²) in [6.07, 6.45) is -4.90. The molecule has 0 radical (unpaired) electrons. The molecule has 0 unspecified atom stereocenters. The van der Waals surface area contributed by atoms with Gasteiger partial charge in [-0.15, -0.1) is 13.2 Å². The van der Waals surface area contributed by atoms with Crippen LogP contribution in [0.4, 0.5) is 13.2 Å². The van der Waals surface area contributed by atoms with Crippen LogP contribution in [-0.4, -0.2) is 21.6 Å². The number of aromatic nitrogens is 1. The zero-order valence-corrected chi connectivity index (χ0v) is 11.5. The Labute approximate surface area is 128 Å². The molecule has 4 nitrogen and oxygen atoms in total. The number of rotatable bonds is 2. The average molecular weight is 321 g/mol. The van der Waals surface area contributed by atoms with E-state index in [9.17, 15) is 23.4 Å². The molecular formula is C16H10F3NO3. The smallest absolute Gasteiger partial charge is 0.508 e. The lowest BCUT2D eigenvalue weighted by molar-refractivity contribution is -0.275. The average Bonchev–Trinajstić information content (AvgIpc) is 2.47. The van der Waals surface area contributed by atoms with Gasteiger partial charge in [0.2, 0.25) is 0 Å². The molecule has 1 aromatic heterocycles. The number of phenols is 2. The molecule has 0 aliphatic carbocycles. The number of fused-ring (bicyclic) bond motifs is 1. The summed E-state index contributed by atoms with van der Waals surface area (Å²) in [6, 6.07) is 11.6. The van der Waals surface area contributed by atoms with Crippen LogP contribution >= 0.6 is 0 Å². The molecule has 3 rings (SSSR count). The second-order valence-electron chi connectivity index (χ2n) is 4.80. The Kier molecular flexibility index (Phi) is 3.48. The Bertz CT molecular complexity index is 878. The van der Waals surface area contributed by atoms with Gasteiger partial charge in [-0.3, -0.25) is 0 Å². The molecule has 0 aliphatic rings. The van der Waals surface area contributed by atoms with Crippen molar-refractivity contribution in [3.8, 4) is 28.5 Å². The van der Waals surface area contributed by atoms with E-state index in [2.05, 4.69) is 9.72 Å². The summed E-state index contributed by atoms with van der Waals surface area (Å²) in [7, 11) is 0. The van der Waals surface area contributed by atoms with E-state index in [1.54, 1.807) is 18.2 Å². The highest BCUT2D eigenvalue weighted by Crippen LogP contribution is 2.35. The van der Waals surface area contributed by atoms with Gasteiger partial charge in [-0.1, -0.05) is 6.07 Å². The van der Waals surface area contributed by atoms with E-state index in [1.807, 2.05) is 0 Å². The van der Waals surface area contributed by atoms with Crippen LogP contribution < -0.4 is 4.74 Å². The molecule has 2 N–H and O–H groups in total. The topological polar surface area (TPSA) is 62.6 Å². The van der Waals surface area contributed by atoms with Crippen molar-refractivity contribution in [2.45, 2.75) is 6.36 Å². The predicted molar refractivity (Wildman–Crippen MR) is 77.2 cm³/mol. The molecule has 2 aromatic carbocycles. The maximum absolute atomic E-state index is 12.3. The van der Waals surface area contributed by atoms with Crippen molar-refractivity contribution in [3.63, 3.8) is 0 Å². The van der Waals surface area contributed by atoms with Crippen LogP contribution in [0.1, 0.15) is 0 Å². The van der Waals surface area contributed by atoms with E-state index >= 15 is 0 Å². The number of benzene rings is 2. The van der Waals surface area contributed by atoms with Crippen molar-refractivity contribution in [1.29, 1.82) is 0 Å². The van der Waals surface area contributed by atoms with E-state index in [0.29, 0.717) is 16.8 Å². The number of hydrogen-bond donors (Lipinski definition) is 2. The molecule has 0 saturated heterocycles. The third-order valence-corrected chi connectivity index (χ3v) is 3.16. The third kappa shape index (κ3) is 3.28. The summed E-state index contributed by atoms with van der Waals surface area (Å²) < 4.78 is 40.8. The number of aromatic hydroxyl groups is 2. The first-order chi connectivity index (χ1) is 10.8. The summed E-state index contributed by atoms with van der Waals surface area (Å²) in [5.41, 5.74) is 1.22. The third-order valence-electron chi connectivity index (χ3n) is 3.16. The minimum absolute atomic E-state index is 0.0361. The van der Waals surface area contributed by atoms with Crippen molar-refractivity contribution in [2.75, 3.05) is 0 Å². The van der Waals surface area contributed by atoms with Gasteiger partial charge >= 0.3 is 6.36 Å². The highest BCUT2D eigenvalue weighted by atomic mass is 19.4. The Morgan fingerprint density at radius 2 is 1.65 bits per heavy atom. The second-order valence-corrected chi connectivity index (χ2v) is 4.80.